The van der Waals surface area contributed by atoms with Crippen molar-refractivity contribution in [2.45, 2.75) is 46.2 Å². The molecule has 2 nitrogen and oxygen atoms in total. The zero-order chi connectivity index (χ0) is 14.8. The molecule has 2 atom stereocenters. The van der Waals surface area contributed by atoms with Crippen molar-refractivity contribution in [2.75, 3.05) is 19.6 Å². The Bertz CT molecular complexity index is 422. The molecule has 1 aromatic rings. The van der Waals surface area contributed by atoms with E-state index in [4.69, 9.17) is 11.6 Å². The Morgan fingerprint density at radius 2 is 1.90 bits per heavy atom. The summed E-state index contributed by atoms with van der Waals surface area (Å²) in [6, 6.07) is 9.42. The summed E-state index contributed by atoms with van der Waals surface area (Å²) in [6.07, 6.45) is 1.10. The van der Waals surface area contributed by atoms with Crippen molar-refractivity contribution in [1.82, 2.24) is 10.2 Å². The first-order chi connectivity index (χ1) is 9.36. The molecule has 1 aromatic carbocycles. The van der Waals surface area contributed by atoms with Crippen LogP contribution in [0.1, 0.15) is 33.3 Å². The van der Waals surface area contributed by atoms with Gasteiger partial charge in [0.15, 0.2) is 0 Å². The van der Waals surface area contributed by atoms with E-state index in [-0.39, 0.29) is 0 Å². The highest BCUT2D eigenvalue weighted by Gasteiger charge is 2.31. The lowest BCUT2D eigenvalue weighted by molar-refractivity contribution is 0.0948. The summed E-state index contributed by atoms with van der Waals surface area (Å²) in [4.78, 5) is 2.61. The monoisotopic (exact) mass is 294 g/mol. The third kappa shape index (κ3) is 4.21. The SMILES string of the molecule is CC1CNC(C(C)(C)C)CN1CCc1ccc(Cl)cc1. The minimum atomic E-state index is 0.318. The van der Waals surface area contributed by atoms with Gasteiger partial charge in [0.25, 0.3) is 0 Å². The summed E-state index contributed by atoms with van der Waals surface area (Å²) in [5.74, 6) is 0. The standard InChI is InChI=1S/C17H27ClN2/c1-13-11-19-16(17(2,3)4)12-20(13)10-9-14-5-7-15(18)8-6-14/h5-8,13,16,19H,9-12H2,1-4H3. The second-order valence-electron chi connectivity index (χ2n) is 7.05. The predicted molar refractivity (Wildman–Crippen MR) is 87.4 cm³/mol. The highest BCUT2D eigenvalue weighted by Crippen LogP contribution is 2.23. The number of piperazine rings is 1. The number of nitrogens with zero attached hydrogens (tertiary/aromatic N) is 1. The van der Waals surface area contributed by atoms with E-state index in [0.717, 1.165) is 31.1 Å². The van der Waals surface area contributed by atoms with Crippen LogP contribution in [0.3, 0.4) is 0 Å². The van der Waals surface area contributed by atoms with Crippen molar-refractivity contribution >= 4 is 11.6 Å². The summed E-state index contributed by atoms with van der Waals surface area (Å²) in [6.45, 7) is 12.6. The molecular formula is C17H27ClN2. The minimum Gasteiger partial charge on any atom is -0.311 e. The van der Waals surface area contributed by atoms with Crippen LogP contribution in [-0.4, -0.2) is 36.6 Å². The Kier molecular flexibility index (Phi) is 5.11. The Labute approximate surface area is 128 Å². The Hall–Kier alpha value is -0.570. The van der Waals surface area contributed by atoms with E-state index in [2.05, 4.69) is 50.0 Å². The molecule has 1 fully saturated rings. The third-order valence-electron chi connectivity index (χ3n) is 4.35. The van der Waals surface area contributed by atoms with Gasteiger partial charge in [-0.2, -0.15) is 0 Å². The molecule has 112 valence electrons. The van der Waals surface area contributed by atoms with E-state index in [1.165, 1.54) is 5.56 Å². The van der Waals surface area contributed by atoms with Crippen molar-refractivity contribution in [3.63, 3.8) is 0 Å². The molecule has 0 saturated carbocycles. The van der Waals surface area contributed by atoms with Gasteiger partial charge in [-0.05, 0) is 36.5 Å². The summed E-state index contributed by atoms with van der Waals surface area (Å²) in [5, 5.41) is 4.50. The number of rotatable bonds is 3. The van der Waals surface area contributed by atoms with Gasteiger partial charge < -0.3 is 5.32 Å². The summed E-state index contributed by atoms with van der Waals surface area (Å²) in [5.41, 5.74) is 1.69. The van der Waals surface area contributed by atoms with Crippen LogP contribution in [-0.2, 0) is 6.42 Å². The maximum absolute atomic E-state index is 5.93. The molecule has 0 aromatic heterocycles. The molecule has 1 aliphatic heterocycles. The molecule has 1 aliphatic rings. The molecule has 0 spiro atoms. The maximum Gasteiger partial charge on any atom is 0.0406 e. The largest absolute Gasteiger partial charge is 0.311 e. The number of nitrogens with one attached hydrogen (secondary N) is 1. The summed E-state index contributed by atoms with van der Waals surface area (Å²) in [7, 11) is 0. The predicted octanol–water partition coefficient (Wildman–Crippen LogP) is 3.59. The van der Waals surface area contributed by atoms with Crippen LogP contribution < -0.4 is 5.32 Å². The first kappa shape index (κ1) is 15.8. The normalized spacial score (nSPS) is 24.9. The zero-order valence-corrected chi connectivity index (χ0v) is 13.9. The molecule has 0 aliphatic carbocycles. The first-order valence-corrected chi connectivity index (χ1v) is 7.96. The van der Waals surface area contributed by atoms with Crippen molar-refractivity contribution in [3.05, 3.63) is 34.9 Å². The van der Waals surface area contributed by atoms with Gasteiger partial charge in [-0.3, -0.25) is 4.90 Å². The number of hydrogen-bond acceptors (Lipinski definition) is 2. The molecule has 0 amide bonds. The third-order valence-corrected chi connectivity index (χ3v) is 4.60. The van der Waals surface area contributed by atoms with Gasteiger partial charge in [-0.25, -0.2) is 0 Å². The Morgan fingerprint density at radius 3 is 2.50 bits per heavy atom. The number of benzene rings is 1. The molecule has 0 bridgehead atoms. The number of halogens is 1. The first-order valence-electron chi connectivity index (χ1n) is 7.58. The average molecular weight is 295 g/mol. The Balaban J connectivity index is 1.91. The van der Waals surface area contributed by atoms with E-state index in [1.807, 2.05) is 12.1 Å². The lowest BCUT2D eigenvalue weighted by atomic mass is 9.84. The van der Waals surface area contributed by atoms with Gasteiger partial charge in [-0.1, -0.05) is 44.5 Å². The van der Waals surface area contributed by atoms with Gasteiger partial charge in [0, 0.05) is 36.7 Å². The average Bonchev–Trinajstić information content (AvgIpc) is 2.38. The maximum atomic E-state index is 5.93. The van der Waals surface area contributed by atoms with Crippen LogP contribution in [0.2, 0.25) is 5.02 Å². The van der Waals surface area contributed by atoms with E-state index in [9.17, 15) is 0 Å². The molecule has 2 rings (SSSR count). The fourth-order valence-electron chi connectivity index (χ4n) is 2.74. The van der Waals surface area contributed by atoms with Crippen molar-refractivity contribution in [1.29, 1.82) is 0 Å². The Morgan fingerprint density at radius 1 is 1.25 bits per heavy atom. The molecular weight excluding hydrogens is 268 g/mol. The molecule has 20 heavy (non-hydrogen) atoms. The van der Waals surface area contributed by atoms with Crippen molar-refractivity contribution in [3.8, 4) is 0 Å². The van der Waals surface area contributed by atoms with Gasteiger partial charge >= 0.3 is 0 Å². The summed E-state index contributed by atoms with van der Waals surface area (Å²) >= 11 is 5.93. The lowest BCUT2D eigenvalue weighted by Crippen LogP contribution is -2.59. The van der Waals surface area contributed by atoms with Crippen molar-refractivity contribution in [2.24, 2.45) is 5.41 Å². The fraction of sp³-hybridized carbons (Fsp3) is 0.647. The van der Waals surface area contributed by atoms with Gasteiger partial charge in [-0.15, -0.1) is 0 Å². The van der Waals surface area contributed by atoms with Crippen LogP contribution in [0.4, 0.5) is 0 Å². The van der Waals surface area contributed by atoms with E-state index in [1.54, 1.807) is 0 Å². The van der Waals surface area contributed by atoms with Crippen LogP contribution in [0, 0.1) is 5.41 Å². The highest BCUT2D eigenvalue weighted by molar-refractivity contribution is 6.30. The topological polar surface area (TPSA) is 15.3 Å². The van der Waals surface area contributed by atoms with Crippen LogP contribution >= 0.6 is 11.6 Å². The van der Waals surface area contributed by atoms with Gasteiger partial charge in [0.05, 0.1) is 0 Å². The molecule has 1 N–H and O–H groups in total. The second kappa shape index (κ2) is 6.46. The van der Waals surface area contributed by atoms with E-state index < -0.39 is 0 Å². The minimum absolute atomic E-state index is 0.318. The highest BCUT2D eigenvalue weighted by atomic mass is 35.5. The smallest absolute Gasteiger partial charge is 0.0406 e. The zero-order valence-electron chi connectivity index (χ0n) is 13.1. The van der Waals surface area contributed by atoms with E-state index in [0.29, 0.717) is 17.5 Å². The molecule has 2 unspecified atom stereocenters. The van der Waals surface area contributed by atoms with Gasteiger partial charge in [0.1, 0.15) is 0 Å². The van der Waals surface area contributed by atoms with Crippen LogP contribution in [0.25, 0.3) is 0 Å². The van der Waals surface area contributed by atoms with Gasteiger partial charge in [0.2, 0.25) is 0 Å². The molecule has 1 heterocycles. The summed E-state index contributed by atoms with van der Waals surface area (Å²) < 4.78 is 0. The second-order valence-corrected chi connectivity index (χ2v) is 7.48. The molecule has 0 radical (unpaired) electrons. The fourth-order valence-corrected chi connectivity index (χ4v) is 2.86. The van der Waals surface area contributed by atoms with Crippen molar-refractivity contribution < 1.29 is 0 Å². The lowest BCUT2D eigenvalue weighted by Gasteiger charge is -2.44. The quantitative estimate of drug-likeness (QED) is 0.916. The van der Waals surface area contributed by atoms with Crippen LogP contribution in [0.5, 0.6) is 0 Å². The van der Waals surface area contributed by atoms with Crippen LogP contribution in [0.15, 0.2) is 24.3 Å². The van der Waals surface area contributed by atoms with E-state index >= 15 is 0 Å². The number of hydrogen-bond donors (Lipinski definition) is 1. The molecule has 3 heteroatoms. The molecule has 1 saturated heterocycles.